The number of carbonyl (C=O) groups is 1. The van der Waals surface area contributed by atoms with Crippen molar-refractivity contribution in [3.05, 3.63) is 105 Å². The van der Waals surface area contributed by atoms with Gasteiger partial charge in [-0.1, -0.05) is 47.5 Å². The molecule has 150 valence electrons. The standard InChI is InChI=1S/C24H16Cl2FNO2/c1-30-20-9-2-15(3-10-20)12-17-13-23(16-4-6-18(25)7-5-16)28(24(17)29)19-8-11-22(27)21(26)14-19/h2-14H,1H3/b17-12-. The molecule has 0 saturated heterocycles. The molecule has 0 aliphatic carbocycles. The summed E-state index contributed by atoms with van der Waals surface area (Å²) in [6.45, 7) is 0. The van der Waals surface area contributed by atoms with Crippen LogP contribution in [0, 0.1) is 5.82 Å². The van der Waals surface area contributed by atoms with E-state index in [4.69, 9.17) is 27.9 Å². The third-order valence-electron chi connectivity index (χ3n) is 4.72. The van der Waals surface area contributed by atoms with Crippen molar-refractivity contribution in [3.8, 4) is 5.75 Å². The van der Waals surface area contributed by atoms with Crippen molar-refractivity contribution >= 4 is 46.6 Å². The second kappa shape index (κ2) is 8.34. The summed E-state index contributed by atoms with van der Waals surface area (Å²) >= 11 is 12.0. The van der Waals surface area contributed by atoms with Gasteiger partial charge in [-0.25, -0.2) is 4.39 Å². The fourth-order valence-corrected chi connectivity index (χ4v) is 3.51. The van der Waals surface area contributed by atoms with Crippen molar-refractivity contribution in [1.82, 2.24) is 0 Å². The molecule has 0 unspecified atom stereocenters. The number of hydrogen-bond acceptors (Lipinski definition) is 2. The highest BCUT2D eigenvalue weighted by molar-refractivity contribution is 6.32. The van der Waals surface area contributed by atoms with Crippen LogP contribution in [0.15, 0.2) is 78.4 Å². The molecule has 6 heteroatoms. The van der Waals surface area contributed by atoms with E-state index in [2.05, 4.69) is 0 Å². The molecule has 0 spiro atoms. The third kappa shape index (κ3) is 3.97. The summed E-state index contributed by atoms with van der Waals surface area (Å²) in [5.74, 6) is -0.0496. The second-order valence-corrected chi connectivity index (χ2v) is 7.49. The Balaban J connectivity index is 1.80. The highest BCUT2D eigenvalue weighted by atomic mass is 35.5. The van der Waals surface area contributed by atoms with Crippen LogP contribution < -0.4 is 9.64 Å². The Labute approximate surface area is 183 Å². The Morgan fingerprint density at radius 2 is 1.67 bits per heavy atom. The molecule has 3 aromatic rings. The molecule has 0 bridgehead atoms. The summed E-state index contributed by atoms with van der Waals surface area (Å²) in [5.41, 5.74) is 3.27. The summed E-state index contributed by atoms with van der Waals surface area (Å²) in [5, 5.41) is 0.539. The molecule has 1 aliphatic rings. The number of amides is 1. The summed E-state index contributed by atoms with van der Waals surface area (Å²) in [6, 6.07) is 18.8. The van der Waals surface area contributed by atoms with Crippen molar-refractivity contribution in [1.29, 1.82) is 0 Å². The Kier molecular flexibility index (Phi) is 5.62. The van der Waals surface area contributed by atoms with E-state index in [9.17, 15) is 9.18 Å². The quantitative estimate of drug-likeness (QED) is 0.427. The van der Waals surface area contributed by atoms with Gasteiger partial charge in [0.1, 0.15) is 11.6 Å². The SMILES string of the molecule is COc1ccc(/C=C2/C=C(c3ccc(Cl)cc3)N(c3ccc(F)c(Cl)c3)C2=O)cc1. The van der Waals surface area contributed by atoms with Gasteiger partial charge in [-0.3, -0.25) is 9.69 Å². The van der Waals surface area contributed by atoms with Crippen molar-refractivity contribution in [2.45, 2.75) is 0 Å². The molecule has 0 saturated carbocycles. The topological polar surface area (TPSA) is 29.5 Å². The van der Waals surface area contributed by atoms with Crippen LogP contribution in [0.3, 0.4) is 0 Å². The fourth-order valence-electron chi connectivity index (χ4n) is 3.21. The predicted molar refractivity (Wildman–Crippen MR) is 119 cm³/mol. The Hall–Kier alpha value is -3.08. The number of carbonyl (C=O) groups excluding carboxylic acids is 1. The predicted octanol–water partition coefficient (Wildman–Crippen LogP) is 6.61. The molecule has 0 aromatic heterocycles. The molecule has 4 rings (SSSR count). The van der Waals surface area contributed by atoms with Gasteiger partial charge in [-0.2, -0.15) is 0 Å². The van der Waals surface area contributed by atoms with Crippen molar-refractivity contribution < 1.29 is 13.9 Å². The van der Waals surface area contributed by atoms with Gasteiger partial charge in [0.2, 0.25) is 0 Å². The normalized spacial score (nSPS) is 14.9. The Morgan fingerprint density at radius 3 is 2.30 bits per heavy atom. The van der Waals surface area contributed by atoms with Gasteiger partial charge < -0.3 is 4.74 Å². The first-order chi connectivity index (χ1) is 14.5. The molecule has 0 fully saturated rings. The lowest BCUT2D eigenvalue weighted by molar-refractivity contribution is -0.113. The van der Waals surface area contributed by atoms with Gasteiger partial charge in [0.25, 0.3) is 5.91 Å². The first kappa shape index (κ1) is 20.2. The first-order valence-corrected chi connectivity index (χ1v) is 9.85. The Bertz CT molecular complexity index is 1170. The maximum absolute atomic E-state index is 13.7. The number of methoxy groups -OCH3 is 1. The van der Waals surface area contributed by atoms with Gasteiger partial charge in [-0.15, -0.1) is 0 Å². The monoisotopic (exact) mass is 439 g/mol. The highest BCUT2D eigenvalue weighted by Gasteiger charge is 2.30. The van der Waals surface area contributed by atoms with Crippen molar-refractivity contribution in [3.63, 3.8) is 0 Å². The molecule has 1 aliphatic heterocycles. The Morgan fingerprint density at radius 1 is 0.967 bits per heavy atom. The van der Waals surface area contributed by atoms with Crippen LogP contribution in [-0.4, -0.2) is 13.0 Å². The maximum Gasteiger partial charge on any atom is 0.262 e. The van der Waals surface area contributed by atoms with E-state index >= 15 is 0 Å². The number of hydrogen-bond donors (Lipinski definition) is 0. The molecule has 1 amide bonds. The van der Waals surface area contributed by atoms with Crippen LogP contribution in [0.2, 0.25) is 10.0 Å². The van der Waals surface area contributed by atoms with Crippen LogP contribution in [0.4, 0.5) is 10.1 Å². The highest BCUT2D eigenvalue weighted by Crippen LogP contribution is 2.37. The van der Waals surface area contributed by atoms with Gasteiger partial charge >= 0.3 is 0 Å². The van der Waals surface area contributed by atoms with Crippen LogP contribution in [0.5, 0.6) is 5.75 Å². The average Bonchev–Trinajstić information content (AvgIpc) is 3.07. The van der Waals surface area contributed by atoms with E-state index in [1.165, 1.54) is 23.1 Å². The van der Waals surface area contributed by atoms with Gasteiger partial charge in [0.05, 0.1) is 23.5 Å². The van der Waals surface area contributed by atoms with E-state index in [0.29, 0.717) is 22.0 Å². The number of nitrogens with zero attached hydrogens (tertiary/aromatic N) is 1. The zero-order valence-corrected chi connectivity index (χ0v) is 17.4. The van der Waals surface area contributed by atoms with E-state index < -0.39 is 5.82 Å². The fraction of sp³-hybridized carbons (Fsp3) is 0.0417. The molecular weight excluding hydrogens is 424 g/mol. The van der Waals surface area contributed by atoms with Crippen LogP contribution in [0.25, 0.3) is 11.8 Å². The summed E-state index contributed by atoms with van der Waals surface area (Å²) in [7, 11) is 1.60. The van der Waals surface area contributed by atoms with Crippen LogP contribution in [0.1, 0.15) is 11.1 Å². The van der Waals surface area contributed by atoms with E-state index in [0.717, 1.165) is 16.9 Å². The molecule has 0 atom stereocenters. The summed E-state index contributed by atoms with van der Waals surface area (Å²) in [6.07, 6.45) is 3.59. The van der Waals surface area contributed by atoms with Gasteiger partial charge in [0, 0.05) is 10.6 Å². The van der Waals surface area contributed by atoms with E-state index in [1.807, 2.05) is 36.4 Å². The zero-order valence-electron chi connectivity index (χ0n) is 15.9. The number of benzene rings is 3. The summed E-state index contributed by atoms with van der Waals surface area (Å²) in [4.78, 5) is 14.8. The van der Waals surface area contributed by atoms with Crippen LogP contribution in [-0.2, 0) is 4.79 Å². The number of rotatable bonds is 4. The van der Waals surface area contributed by atoms with E-state index in [-0.39, 0.29) is 10.9 Å². The average molecular weight is 440 g/mol. The molecule has 3 aromatic carbocycles. The minimum atomic E-state index is -0.543. The maximum atomic E-state index is 13.7. The molecule has 0 N–H and O–H groups in total. The van der Waals surface area contributed by atoms with Crippen LogP contribution >= 0.6 is 23.2 Å². The van der Waals surface area contributed by atoms with E-state index in [1.54, 1.807) is 31.4 Å². The molecule has 3 nitrogen and oxygen atoms in total. The summed E-state index contributed by atoms with van der Waals surface area (Å²) < 4.78 is 18.9. The minimum absolute atomic E-state index is 0.0525. The number of ether oxygens (including phenoxy) is 1. The zero-order chi connectivity index (χ0) is 21.3. The minimum Gasteiger partial charge on any atom is -0.497 e. The third-order valence-corrected chi connectivity index (χ3v) is 5.26. The smallest absolute Gasteiger partial charge is 0.262 e. The molecule has 0 radical (unpaired) electrons. The molecule has 1 heterocycles. The van der Waals surface area contributed by atoms with Gasteiger partial charge in [-0.05, 0) is 65.7 Å². The lowest BCUT2D eigenvalue weighted by atomic mass is 10.1. The molecule has 30 heavy (non-hydrogen) atoms. The second-order valence-electron chi connectivity index (χ2n) is 6.65. The van der Waals surface area contributed by atoms with Crippen molar-refractivity contribution in [2.75, 3.05) is 12.0 Å². The largest absolute Gasteiger partial charge is 0.497 e. The van der Waals surface area contributed by atoms with Crippen molar-refractivity contribution in [2.24, 2.45) is 0 Å². The lowest BCUT2D eigenvalue weighted by Crippen LogP contribution is -2.25. The number of anilines is 1. The first-order valence-electron chi connectivity index (χ1n) is 9.09. The van der Waals surface area contributed by atoms with Gasteiger partial charge in [0.15, 0.2) is 0 Å². The molecular formula is C24H16Cl2FNO2. The number of halogens is 3. The lowest BCUT2D eigenvalue weighted by Gasteiger charge is -2.21.